The summed E-state index contributed by atoms with van der Waals surface area (Å²) < 4.78 is 2.01. The zero-order chi connectivity index (χ0) is 23.2. The lowest BCUT2D eigenvalue weighted by Crippen LogP contribution is -2.10. The Bertz CT molecular complexity index is 1160. The summed E-state index contributed by atoms with van der Waals surface area (Å²) in [6, 6.07) is 16.7. The minimum atomic E-state index is 0.0112. The van der Waals surface area contributed by atoms with E-state index in [1.165, 1.54) is 11.1 Å². The van der Waals surface area contributed by atoms with E-state index < -0.39 is 0 Å². The number of nitrogens with zero attached hydrogens (tertiary/aromatic N) is 5. The summed E-state index contributed by atoms with van der Waals surface area (Å²) >= 11 is 0. The van der Waals surface area contributed by atoms with E-state index >= 15 is 0 Å². The van der Waals surface area contributed by atoms with Crippen molar-refractivity contribution in [2.24, 2.45) is 5.92 Å². The molecule has 172 valence electrons. The van der Waals surface area contributed by atoms with E-state index in [0.29, 0.717) is 11.7 Å². The molecular weight excluding hydrogens is 412 g/mol. The first-order valence-electron chi connectivity index (χ1n) is 11.7. The first-order chi connectivity index (χ1) is 16.1. The van der Waals surface area contributed by atoms with Crippen molar-refractivity contribution in [3.05, 3.63) is 71.0 Å². The third-order valence-electron chi connectivity index (χ3n) is 5.86. The third-order valence-corrected chi connectivity index (χ3v) is 5.86. The number of aryl methyl sites for hydroxylation is 1. The van der Waals surface area contributed by atoms with Crippen molar-refractivity contribution < 1.29 is 5.11 Å². The largest absolute Gasteiger partial charge is 0.390 e. The second kappa shape index (κ2) is 10.5. The highest BCUT2D eigenvalue weighted by Crippen LogP contribution is 2.30. The average Bonchev–Trinajstić information content (AvgIpc) is 3.46. The van der Waals surface area contributed by atoms with Crippen molar-refractivity contribution in [2.75, 3.05) is 0 Å². The van der Waals surface area contributed by atoms with Gasteiger partial charge in [-0.2, -0.15) is 10.3 Å². The molecule has 0 bridgehead atoms. The van der Waals surface area contributed by atoms with E-state index in [1.54, 1.807) is 0 Å². The van der Waals surface area contributed by atoms with Crippen LogP contribution in [0, 0.1) is 5.92 Å². The Hall–Kier alpha value is -3.32. The number of aromatic amines is 1. The maximum atomic E-state index is 10.2. The quantitative estimate of drug-likeness (QED) is 0.366. The SMILES string of the molecule is CCCCc1nn(CC(C)C)c(CO)c1Cc1ccc(-c2ccccc2-c2nn[nH]n2)cc1. The van der Waals surface area contributed by atoms with Gasteiger partial charge in [-0.1, -0.05) is 75.7 Å². The molecule has 0 radical (unpaired) electrons. The van der Waals surface area contributed by atoms with Crippen molar-refractivity contribution in [3.8, 4) is 22.5 Å². The van der Waals surface area contributed by atoms with Crippen LogP contribution in [-0.4, -0.2) is 35.5 Å². The van der Waals surface area contributed by atoms with Gasteiger partial charge < -0.3 is 5.11 Å². The number of aliphatic hydroxyl groups excluding tert-OH is 1. The average molecular weight is 445 g/mol. The van der Waals surface area contributed by atoms with E-state index in [0.717, 1.165) is 60.3 Å². The Morgan fingerprint density at radius 1 is 1.03 bits per heavy atom. The van der Waals surface area contributed by atoms with Gasteiger partial charge in [-0.3, -0.25) is 4.68 Å². The molecule has 0 saturated heterocycles. The molecule has 0 amide bonds. The van der Waals surface area contributed by atoms with Crippen LogP contribution in [0.2, 0.25) is 0 Å². The van der Waals surface area contributed by atoms with Gasteiger partial charge in [0.15, 0.2) is 0 Å². The molecule has 7 heteroatoms. The molecule has 7 nitrogen and oxygen atoms in total. The maximum absolute atomic E-state index is 10.2. The molecule has 0 fully saturated rings. The van der Waals surface area contributed by atoms with Crippen LogP contribution in [0.15, 0.2) is 48.5 Å². The van der Waals surface area contributed by atoms with Crippen LogP contribution in [0.5, 0.6) is 0 Å². The van der Waals surface area contributed by atoms with Crippen LogP contribution >= 0.6 is 0 Å². The molecule has 2 heterocycles. The summed E-state index contributed by atoms with van der Waals surface area (Å²) in [4.78, 5) is 0. The van der Waals surface area contributed by atoms with Gasteiger partial charge in [-0.25, -0.2) is 0 Å². The molecule has 0 aliphatic heterocycles. The second-order valence-corrected chi connectivity index (χ2v) is 8.86. The molecule has 2 aromatic heterocycles. The normalized spacial score (nSPS) is 11.4. The third kappa shape index (κ3) is 5.20. The summed E-state index contributed by atoms with van der Waals surface area (Å²) in [6.45, 7) is 7.39. The number of rotatable bonds is 10. The van der Waals surface area contributed by atoms with E-state index in [1.807, 2.05) is 22.9 Å². The lowest BCUT2D eigenvalue weighted by atomic mass is 9.95. The standard InChI is InChI=1S/C26H32N6O/c1-4-5-10-24-23(25(17-33)32(29-24)16-18(2)3)15-19-11-13-20(14-12-19)21-8-6-7-9-22(21)26-27-30-31-28-26/h6-9,11-14,18,33H,4-5,10,15-17H2,1-3H3,(H,27,28,30,31). The van der Waals surface area contributed by atoms with Crippen molar-refractivity contribution >= 4 is 0 Å². The van der Waals surface area contributed by atoms with Gasteiger partial charge in [-0.05, 0) is 40.7 Å². The van der Waals surface area contributed by atoms with Gasteiger partial charge in [0, 0.05) is 24.1 Å². The number of H-pyrrole nitrogens is 1. The number of aliphatic hydroxyl groups is 1. The lowest BCUT2D eigenvalue weighted by Gasteiger charge is -2.11. The van der Waals surface area contributed by atoms with Gasteiger partial charge in [-0.15, -0.1) is 10.2 Å². The van der Waals surface area contributed by atoms with Gasteiger partial charge in [0.05, 0.1) is 18.0 Å². The summed E-state index contributed by atoms with van der Waals surface area (Å²) in [7, 11) is 0. The van der Waals surface area contributed by atoms with Crippen molar-refractivity contribution in [3.63, 3.8) is 0 Å². The van der Waals surface area contributed by atoms with Crippen molar-refractivity contribution in [1.82, 2.24) is 30.4 Å². The number of unbranched alkanes of at least 4 members (excludes halogenated alkanes) is 1. The lowest BCUT2D eigenvalue weighted by molar-refractivity contribution is 0.263. The van der Waals surface area contributed by atoms with Crippen molar-refractivity contribution in [2.45, 2.75) is 59.6 Å². The number of benzene rings is 2. The van der Waals surface area contributed by atoms with E-state index in [4.69, 9.17) is 5.10 Å². The van der Waals surface area contributed by atoms with Crippen LogP contribution < -0.4 is 0 Å². The topological polar surface area (TPSA) is 92.5 Å². The molecule has 0 aliphatic carbocycles. The minimum absolute atomic E-state index is 0.0112. The minimum Gasteiger partial charge on any atom is -0.390 e. The second-order valence-electron chi connectivity index (χ2n) is 8.86. The summed E-state index contributed by atoms with van der Waals surface area (Å²) in [5, 5.41) is 29.6. The molecular formula is C26H32N6O. The fourth-order valence-electron chi connectivity index (χ4n) is 4.22. The van der Waals surface area contributed by atoms with E-state index in [9.17, 15) is 5.11 Å². The van der Waals surface area contributed by atoms with Gasteiger partial charge >= 0.3 is 0 Å². The number of nitrogens with one attached hydrogen (secondary N) is 1. The van der Waals surface area contributed by atoms with E-state index in [2.05, 4.69) is 71.7 Å². The van der Waals surface area contributed by atoms with Crippen LogP contribution in [0.4, 0.5) is 0 Å². The number of hydrogen-bond donors (Lipinski definition) is 2. The van der Waals surface area contributed by atoms with Gasteiger partial charge in [0.25, 0.3) is 0 Å². The molecule has 0 unspecified atom stereocenters. The van der Waals surface area contributed by atoms with Gasteiger partial charge in [0.1, 0.15) is 0 Å². The number of aromatic nitrogens is 6. The number of tetrazole rings is 1. The maximum Gasteiger partial charge on any atom is 0.205 e. The Labute approximate surface area is 194 Å². The van der Waals surface area contributed by atoms with Crippen molar-refractivity contribution in [1.29, 1.82) is 0 Å². The Morgan fingerprint density at radius 3 is 2.42 bits per heavy atom. The predicted octanol–water partition coefficient (Wildman–Crippen LogP) is 4.81. The fourth-order valence-corrected chi connectivity index (χ4v) is 4.22. The highest BCUT2D eigenvalue weighted by molar-refractivity contribution is 5.80. The predicted molar refractivity (Wildman–Crippen MR) is 129 cm³/mol. The molecule has 0 spiro atoms. The molecule has 0 aliphatic rings. The molecule has 33 heavy (non-hydrogen) atoms. The summed E-state index contributed by atoms with van der Waals surface area (Å²) in [5.41, 5.74) is 7.55. The summed E-state index contributed by atoms with van der Waals surface area (Å²) in [5.74, 6) is 1.06. The molecule has 4 rings (SSSR count). The Kier molecular flexibility index (Phi) is 7.29. The van der Waals surface area contributed by atoms with E-state index in [-0.39, 0.29) is 6.61 Å². The zero-order valence-electron chi connectivity index (χ0n) is 19.6. The van der Waals surface area contributed by atoms with Crippen LogP contribution in [0.1, 0.15) is 56.1 Å². The highest BCUT2D eigenvalue weighted by Gasteiger charge is 2.18. The van der Waals surface area contributed by atoms with Crippen LogP contribution in [0.3, 0.4) is 0 Å². The first kappa shape index (κ1) is 22.9. The van der Waals surface area contributed by atoms with Crippen LogP contribution in [0.25, 0.3) is 22.5 Å². The summed E-state index contributed by atoms with van der Waals surface area (Å²) in [6.07, 6.45) is 3.93. The first-order valence-corrected chi connectivity index (χ1v) is 11.7. The molecule has 2 aromatic carbocycles. The Balaban J connectivity index is 1.63. The zero-order valence-corrected chi connectivity index (χ0v) is 19.6. The van der Waals surface area contributed by atoms with Crippen LogP contribution in [-0.2, 0) is 26.0 Å². The fraction of sp³-hybridized carbons (Fsp3) is 0.385. The molecule has 4 aromatic rings. The molecule has 2 N–H and O–H groups in total. The molecule has 0 atom stereocenters. The highest BCUT2D eigenvalue weighted by atomic mass is 16.3. The smallest absolute Gasteiger partial charge is 0.205 e. The Morgan fingerprint density at radius 2 is 1.79 bits per heavy atom. The molecule has 0 saturated carbocycles. The monoisotopic (exact) mass is 444 g/mol. The number of hydrogen-bond acceptors (Lipinski definition) is 5. The van der Waals surface area contributed by atoms with Gasteiger partial charge in [0.2, 0.25) is 5.82 Å².